The van der Waals surface area contributed by atoms with E-state index in [9.17, 15) is 24.2 Å². The number of nitrogens with zero attached hydrogens (tertiary/aromatic N) is 2. The molecule has 0 saturated carbocycles. The summed E-state index contributed by atoms with van der Waals surface area (Å²) in [5.74, 6) is -2.42. The number of primary amides is 1. The minimum Gasteiger partial charge on any atom is -0.394 e. The molecule has 1 aliphatic heterocycles. The van der Waals surface area contributed by atoms with Crippen LogP contribution in [0.2, 0.25) is 0 Å². The predicted octanol–water partition coefficient (Wildman–Crippen LogP) is -2.91. The van der Waals surface area contributed by atoms with Crippen molar-refractivity contribution in [1.82, 2.24) is 9.55 Å². The fourth-order valence-electron chi connectivity index (χ4n) is 1.94. The van der Waals surface area contributed by atoms with Crippen LogP contribution in [0.5, 0.6) is 0 Å². The zero-order valence-corrected chi connectivity index (χ0v) is 10.0. The maximum Gasteiger partial charge on any atom is 0.284 e. The summed E-state index contributed by atoms with van der Waals surface area (Å²) in [6, 6.07) is 0. The molecule has 2 rings (SSSR count). The first kappa shape index (κ1) is 14.5. The van der Waals surface area contributed by atoms with Gasteiger partial charge in [0, 0.05) is 0 Å². The number of hydrogen-bond donors (Lipinski definition) is 4. The van der Waals surface area contributed by atoms with Crippen molar-refractivity contribution in [3.05, 3.63) is 28.2 Å². The molecule has 9 nitrogen and oxygen atoms in total. The van der Waals surface area contributed by atoms with Gasteiger partial charge in [0.2, 0.25) is 5.95 Å². The van der Waals surface area contributed by atoms with E-state index in [4.69, 9.17) is 15.6 Å². The Morgan fingerprint density at radius 1 is 1.50 bits per heavy atom. The van der Waals surface area contributed by atoms with Crippen molar-refractivity contribution >= 4 is 5.91 Å². The van der Waals surface area contributed by atoms with E-state index in [-0.39, 0.29) is 0 Å². The molecule has 5 N–H and O–H groups in total. The highest BCUT2D eigenvalue weighted by Gasteiger charge is 2.44. The average Bonchev–Trinajstić information content (AvgIpc) is 2.68. The lowest BCUT2D eigenvalue weighted by molar-refractivity contribution is -0.0550. The lowest BCUT2D eigenvalue weighted by Crippen LogP contribution is -2.38. The van der Waals surface area contributed by atoms with E-state index in [0.717, 1.165) is 0 Å². The first-order valence-electron chi connectivity index (χ1n) is 5.57. The Kier molecular flexibility index (Phi) is 3.81. The van der Waals surface area contributed by atoms with Gasteiger partial charge in [-0.15, -0.1) is 0 Å². The van der Waals surface area contributed by atoms with Crippen LogP contribution in [0, 0.1) is 5.95 Å². The summed E-state index contributed by atoms with van der Waals surface area (Å²) in [4.78, 5) is 26.0. The van der Waals surface area contributed by atoms with Crippen LogP contribution in [0.4, 0.5) is 4.39 Å². The maximum atomic E-state index is 13.3. The topological polar surface area (TPSA) is 148 Å². The number of ether oxygens (including phenoxy) is 1. The van der Waals surface area contributed by atoms with Crippen LogP contribution >= 0.6 is 0 Å². The molecular formula is C10H12FN3O6. The van der Waals surface area contributed by atoms with Crippen LogP contribution in [-0.4, -0.2) is 55.7 Å². The number of nitrogens with two attached hydrogens (primary N) is 1. The van der Waals surface area contributed by atoms with Crippen molar-refractivity contribution in [2.45, 2.75) is 24.5 Å². The predicted molar refractivity (Wildman–Crippen MR) is 60.0 cm³/mol. The minimum atomic E-state index is -1.59. The number of carbonyl (C=O) groups excluding carboxylic acids is 1. The second-order valence-corrected chi connectivity index (χ2v) is 4.22. The van der Waals surface area contributed by atoms with Crippen molar-refractivity contribution in [2.75, 3.05) is 6.61 Å². The van der Waals surface area contributed by atoms with Gasteiger partial charge >= 0.3 is 0 Å². The normalized spacial score (nSPS) is 29.6. The van der Waals surface area contributed by atoms with Gasteiger partial charge in [0.1, 0.15) is 18.3 Å². The number of aliphatic hydroxyl groups is 3. The average molecular weight is 294 g/mol. The highest BCUT2D eigenvalue weighted by Crippen LogP contribution is 2.28. The fourth-order valence-corrected chi connectivity index (χ4v) is 1.94. The van der Waals surface area contributed by atoms with E-state index in [1.165, 1.54) is 0 Å². The molecule has 1 aliphatic rings. The molecule has 10 heteroatoms. The molecule has 0 bridgehead atoms. The molecule has 1 fully saturated rings. The molecule has 20 heavy (non-hydrogen) atoms. The molecule has 4 unspecified atom stereocenters. The number of amides is 1. The minimum absolute atomic E-state index is 0.561. The summed E-state index contributed by atoms with van der Waals surface area (Å²) in [6.07, 6.45) is -5.06. The lowest BCUT2D eigenvalue weighted by atomic mass is 10.4. The van der Waals surface area contributed by atoms with Gasteiger partial charge in [-0.2, -0.15) is 4.39 Å². The summed E-state index contributed by atoms with van der Waals surface area (Å²) < 4.78 is 18.9. The Hall–Kier alpha value is -1.88. The van der Waals surface area contributed by atoms with Crippen LogP contribution in [-0.2, 0) is 4.74 Å². The first-order valence-corrected chi connectivity index (χ1v) is 5.57. The van der Waals surface area contributed by atoms with Crippen LogP contribution < -0.4 is 11.3 Å². The highest BCUT2D eigenvalue weighted by molar-refractivity contribution is 5.90. The van der Waals surface area contributed by atoms with Crippen LogP contribution in [0.1, 0.15) is 16.7 Å². The zero-order valence-electron chi connectivity index (χ0n) is 10.0. The fraction of sp³-hybridized carbons (Fsp3) is 0.500. The van der Waals surface area contributed by atoms with Crippen molar-refractivity contribution in [1.29, 1.82) is 0 Å². The molecular weight excluding hydrogens is 282 g/mol. The molecule has 110 valence electrons. The summed E-state index contributed by atoms with van der Waals surface area (Å²) >= 11 is 0. The summed E-state index contributed by atoms with van der Waals surface area (Å²) in [5.41, 5.74) is 2.96. The molecule has 0 aromatic carbocycles. The molecule has 0 radical (unpaired) electrons. The largest absolute Gasteiger partial charge is 0.394 e. The van der Waals surface area contributed by atoms with Gasteiger partial charge in [0.25, 0.3) is 11.5 Å². The second-order valence-electron chi connectivity index (χ2n) is 4.22. The number of rotatable bonds is 3. The number of aromatic nitrogens is 2. The molecule has 0 aliphatic carbocycles. The Balaban J connectivity index is 2.49. The Bertz CT molecular complexity index is 591. The van der Waals surface area contributed by atoms with Gasteiger partial charge in [0.05, 0.1) is 12.8 Å². The van der Waals surface area contributed by atoms with Gasteiger partial charge in [0.15, 0.2) is 11.9 Å². The molecule has 2 heterocycles. The van der Waals surface area contributed by atoms with Gasteiger partial charge in [-0.05, 0) is 0 Å². The third-order valence-electron chi connectivity index (χ3n) is 2.93. The van der Waals surface area contributed by atoms with E-state index >= 15 is 0 Å². The van der Waals surface area contributed by atoms with Crippen molar-refractivity contribution < 1.29 is 29.2 Å². The van der Waals surface area contributed by atoms with Gasteiger partial charge in [-0.3, -0.25) is 14.2 Å². The van der Waals surface area contributed by atoms with Gasteiger partial charge < -0.3 is 25.8 Å². The van der Waals surface area contributed by atoms with E-state index in [0.29, 0.717) is 10.8 Å². The van der Waals surface area contributed by atoms with E-state index < -0.39 is 54.3 Å². The maximum absolute atomic E-state index is 13.3. The molecule has 1 saturated heterocycles. The van der Waals surface area contributed by atoms with E-state index in [2.05, 4.69) is 4.98 Å². The number of carbonyl (C=O) groups is 1. The zero-order chi connectivity index (χ0) is 15.0. The number of hydrogen-bond acceptors (Lipinski definition) is 7. The standard InChI is InChI=1S/C10H12FN3O6/c11-4-1-14(9(19)5(13-4)8(12)18)10-7(17)6(16)3(2-15)20-10/h1,3,6-7,10,15-17H,2H2,(H2,12,18)/i2+1,3+1,6+1,7+1,10+1. The summed E-state index contributed by atoms with van der Waals surface area (Å²) in [6.45, 7) is -0.611. The summed E-state index contributed by atoms with van der Waals surface area (Å²) in [7, 11) is 0. The van der Waals surface area contributed by atoms with Crippen LogP contribution in [0.25, 0.3) is 0 Å². The van der Waals surface area contributed by atoms with Gasteiger partial charge in [-0.1, -0.05) is 0 Å². The molecule has 1 aromatic rings. The molecule has 1 aromatic heterocycles. The Morgan fingerprint density at radius 3 is 2.65 bits per heavy atom. The van der Waals surface area contributed by atoms with E-state index in [1.54, 1.807) is 0 Å². The quantitative estimate of drug-likeness (QED) is 0.437. The third kappa shape index (κ3) is 2.29. The van der Waals surface area contributed by atoms with Crippen LogP contribution in [0.3, 0.4) is 0 Å². The number of halogens is 1. The van der Waals surface area contributed by atoms with Crippen molar-refractivity contribution in [2.24, 2.45) is 5.73 Å². The molecule has 0 spiro atoms. The Labute approximate surface area is 111 Å². The van der Waals surface area contributed by atoms with Gasteiger partial charge in [-0.25, -0.2) is 4.98 Å². The monoisotopic (exact) mass is 294 g/mol. The van der Waals surface area contributed by atoms with E-state index in [1.807, 2.05) is 0 Å². The molecule has 1 amide bonds. The third-order valence-corrected chi connectivity index (χ3v) is 2.93. The smallest absolute Gasteiger partial charge is 0.284 e. The highest BCUT2D eigenvalue weighted by atomic mass is 19.1. The number of aliphatic hydroxyl groups excluding tert-OH is 3. The summed E-state index contributed by atoms with van der Waals surface area (Å²) in [5, 5.41) is 28.3. The second kappa shape index (κ2) is 5.25. The van der Waals surface area contributed by atoms with Crippen LogP contribution in [0.15, 0.2) is 11.0 Å². The molecule has 4 atom stereocenters. The SMILES string of the molecule is NC(=O)c1nc(F)cn([13CH]2O[13CH]([13CH2]O)[13CH](O)[13CH]2O)c1=O. The Morgan fingerprint density at radius 2 is 2.15 bits per heavy atom. The first-order chi connectivity index (χ1) is 9.36. The lowest BCUT2D eigenvalue weighted by Gasteiger charge is -2.17. The van der Waals surface area contributed by atoms with Crippen molar-refractivity contribution in [3.63, 3.8) is 0 Å². The van der Waals surface area contributed by atoms with Crippen molar-refractivity contribution in [3.8, 4) is 0 Å².